The summed E-state index contributed by atoms with van der Waals surface area (Å²) >= 11 is 18.3. The van der Waals surface area contributed by atoms with Crippen molar-refractivity contribution in [1.29, 1.82) is 0 Å². The minimum Gasteiger partial charge on any atom is -0.299 e. The van der Waals surface area contributed by atoms with E-state index < -0.39 is 5.41 Å². The topological polar surface area (TPSA) is 17.8 Å². The third kappa shape index (κ3) is 3.41. The van der Waals surface area contributed by atoms with Gasteiger partial charge in [-0.05, 0) is 42.0 Å². The van der Waals surface area contributed by atoms with Crippen molar-refractivity contribution in [3.05, 3.63) is 81.6 Å². The summed E-state index contributed by atoms with van der Waals surface area (Å²) in [5.41, 5.74) is 2.30. The summed E-state index contributed by atoms with van der Waals surface area (Å²) in [5, 5.41) is 1.01. The lowest BCUT2D eigenvalue weighted by Gasteiger charge is -2.27. The molecular weight excluding hydrogens is 382 g/mol. The summed E-state index contributed by atoms with van der Waals surface area (Å²) in [4.78, 5) is 4.44. The van der Waals surface area contributed by atoms with Gasteiger partial charge in [0.05, 0.1) is 21.6 Å². The molecule has 1 heterocycles. The molecule has 1 aromatic heterocycles. The number of imidazole rings is 1. The molecule has 3 rings (SSSR count). The van der Waals surface area contributed by atoms with Gasteiger partial charge < -0.3 is 0 Å². The Labute approximate surface area is 161 Å². The molecule has 0 aliphatic heterocycles. The van der Waals surface area contributed by atoms with E-state index in [2.05, 4.69) is 18.8 Å². The molecule has 0 saturated carbocycles. The Hall–Kier alpha value is -1.55. The largest absolute Gasteiger partial charge is 0.299 e. The summed E-state index contributed by atoms with van der Waals surface area (Å²) in [5.74, 6) is 0.646. The van der Waals surface area contributed by atoms with Crippen LogP contribution in [0.15, 0.2) is 48.7 Å². The van der Waals surface area contributed by atoms with Crippen LogP contribution in [0.4, 0.5) is 4.39 Å². The summed E-state index contributed by atoms with van der Waals surface area (Å²) < 4.78 is 15.3. The molecule has 0 aliphatic rings. The molecule has 130 valence electrons. The Kier molecular flexibility index (Phi) is 5.10. The van der Waals surface area contributed by atoms with Gasteiger partial charge in [0.2, 0.25) is 0 Å². The Morgan fingerprint density at radius 2 is 1.72 bits per heavy atom. The molecule has 0 aliphatic carbocycles. The SMILES string of the molecule is CC(C)(c1ccc(Cl)c(Cl)c1)c1cnc(CCl)n1-c1ccc(F)cc1. The van der Waals surface area contributed by atoms with Crippen molar-refractivity contribution in [2.45, 2.75) is 25.1 Å². The second-order valence-electron chi connectivity index (χ2n) is 6.26. The van der Waals surface area contributed by atoms with Crippen molar-refractivity contribution in [3.8, 4) is 5.69 Å². The maximum atomic E-state index is 13.3. The fraction of sp³-hybridized carbons (Fsp3) is 0.211. The van der Waals surface area contributed by atoms with Crippen molar-refractivity contribution < 1.29 is 4.39 Å². The zero-order valence-electron chi connectivity index (χ0n) is 13.7. The van der Waals surface area contributed by atoms with E-state index in [0.29, 0.717) is 15.9 Å². The Morgan fingerprint density at radius 1 is 1.04 bits per heavy atom. The predicted molar refractivity (Wildman–Crippen MR) is 102 cm³/mol. The van der Waals surface area contributed by atoms with Gasteiger partial charge in [0, 0.05) is 17.3 Å². The number of nitrogens with zero attached hydrogens (tertiary/aromatic N) is 2. The maximum Gasteiger partial charge on any atom is 0.128 e. The predicted octanol–water partition coefficient (Wildman–Crippen LogP) is 6.38. The van der Waals surface area contributed by atoms with Gasteiger partial charge in [-0.3, -0.25) is 4.57 Å². The third-order valence-electron chi connectivity index (χ3n) is 4.32. The van der Waals surface area contributed by atoms with Crippen molar-refractivity contribution in [1.82, 2.24) is 9.55 Å². The van der Waals surface area contributed by atoms with Crippen LogP contribution in [0.3, 0.4) is 0 Å². The van der Waals surface area contributed by atoms with Gasteiger partial charge in [-0.25, -0.2) is 9.37 Å². The number of hydrogen-bond donors (Lipinski definition) is 0. The first kappa shape index (κ1) is 18.2. The number of aromatic nitrogens is 2. The van der Waals surface area contributed by atoms with E-state index in [1.54, 1.807) is 24.4 Å². The fourth-order valence-corrected chi connectivity index (χ4v) is 3.32. The van der Waals surface area contributed by atoms with Crippen molar-refractivity contribution >= 4 is 34.8 Å². The van der Waals surface area contributed by atoms with Crippen molar-refractivity contribution in [2.24, 2.45) is 0 Å². The van der Waals surface area contributed by atoms with Gasteiger partial charge in [0.25, 0.3) is 0 Å². The van der Waals surface area contributed by atoms with E-state index in [9.17, 15) is 4.39 Å². The highest BCUT2D eigenvalue weighted by molar-refractivity contribution is 6.42. The molecule has 2 aromatic carbocycles. The van der Waals surface area contributed by atoms with Gasteiger partial charge in [0.15, 0.2) is 0 Å². The van der Waals surface area contributed by atoms with Crippen LogP contribution in [-0.4, -0.2) is 9.55 Å². The van der Waals surface area contributed by atoms with Gasteiger partial charge in [0.1, 0.15) is 11.6 Å². The van der Waals surface area contributed by atoms with Crippen LogP contribution in [0.5, 0.6) is 0 Å². The molecule has 25 heavy (non-hydrogen) atoms. The summed E-state index contributed by atoms with van der Waals surface area (Å²) in [6.45, 7) is 4.14. The molecule has 0 amide bonds. The standard InChI is InChI=1S/C19H16Cl3FN2/c1-19(2,12-3-8-15(21)16(22)9-12)17-11-24-18(10-20)25(17)14-6-4-13(23)5-7-14/h3-9,11H,10H2,1-2H3. The van der Waals surface area contributed by atoms with E-state index in [-0.39, 0.29) is 11.7 Å². The molecule has 6 heteroatoms. The fourth-order valence-electron chi connectivity index (χ4n) is 2.84. The smallest absolute Gasteiger partial charge is 0.128 e. The Balaban J connectivity index is 2.17. The minimum absolute atomic E-state index is 0.245. The lowest BCUT2D eigenvalue weighted by Crippen LogP contribution is -2.23. The lowest BCUT2D eigenvalue weighted by atomic mass is 9.81. The number of halogens is 4. The molecule has 0 N–H and O–H groups in total. The first-order chi connectivity index (χ1) is 11.8. The second-order valence-corrected chi connectivity index (χ2v) is 7.34. The Morgan fingerprint density at radius 3 is 2.32 bits per heavy atom. The number of hydrogen-bond acceptors (Lipinski definition) is 1. The molecular formula is C19H16Cl3FN2. The van der Waals surface area contributed by atoms with Crippen LogP contribution in [0.2, 0.25) is 10.0 Å². The molecule has 0 atom stereocenters. The average Bonchev–Trinajstić information content (AvgIpc) is 3.02. The molecule has 0 saturated heterocycles. The zero-order valence-corrected chi connectivity index (χ0v) is 16.0. The first-order valence-electron chi connectivity index (χ1n) is 7.69. The number of benzene rings is 2. The van der Waals surface area contributed by atoms with E-state index in [4.69, 9.17) is 34.8 Å². The quantitative estimate of drug-likeness (QED) is 0.467. The molecule has 0 radical (unpaired) electrons. The minimum atomic E-state index is -0.417. The summed E-state index contributed by atoms with van der Waals surface area (Å²) in [6, 6.07) is 11.8. The molecule has 0 bridgehead atoms. The summed E-state index contributed by atoms with van der Waals surface area (Å²) in [6.07, 6.45) is 1.80. The van der Waals surface area contributed by atoms with E-state index in [0.717, 1.165) is 16.9 Å². The lowest BCUT2D eigenvalue weighted by molar-refractivity contribution is 0.597. The second kappa shape index (κ2) is 6.99. The summed E-state index contributed by atoms with van der Waals surface area (Å²) in [7, 11) is 0. The maximum absolute atomic E-state index is 13.3. The van der Waals surface area contributed by atoms with E-state index in [1.807, 2.05) is 16.7 Å². The first-order valence-corrected chi connectivity index (χ1v) is 8.98. The van der Waals surface area contributed by atoms with Gasteiger partial charge in [-0.2, -0.15) is 0 Å². The Bertz CT molecular complexity index is 902. The molecule has 2 nitrogen and oxygen atoms in total. The third-order valence-corrected chi connectivity index (χ3v) is 5.30. The van der Waals surface area contributed by atoms with Crippen LogP contribution >= 0.6 is 34.8 Å². The van der Waals surface area contributed by atoms with Crippen LogP contribution in [0.1, 0.15) is 30.9 Å². The monoisotopic (exact) mass is 396 g/mol. The molecule has 0 fully saturated rings. The van der Waals surface area contributed by atoms with Gasteiger partial charge in [-0.15, -0.1) is 11.6 Å². The van der Waals surface area contributed by atoms with Gasteiger partial charge in [-0.1, -0.05) is 43.1 Å². The van der Waals surface area contributed by atoms with Crippen LogP contribution < -0.4 is 0 Å². The molecule has 0 unspecified atom stereocenters. The normalized spacial score (nSPS) is 11.8. The molecule has 3 aromatic rings. The average molecular weight is 398 g/mol. The highest BCUT2D eigenvalue weighted by Gasteiger charge is 2.29. The van der Waals surface area contributed by atoms with Crippen molar-refractivity contribution in [2.75, 3.05) is 0 Å². The van der Waals surface area contributed by atoms with Crippen LogP contribution in [-0.2, 0) is 11.3 Å². The highest BCUT2D eigenvalue weighted by atomic mass is 35.5. The van der Waals surface area contributed by atoms with E-state index >= 15 is 0 Å². The van der Waals surface area contributed by atoms with Crippen LogP contribution in [0.25, 0.3) is 5.69 Å². The van der Waals surface area contributed by atoms with Crippen LogP contribution in [0, 0.1) is 5.82 Å². The molecule has 0 spiro atoms. The number of alkyl halides is 1. The van der Waals surface area contributed by atoms with Gasteiger partial charge >= 0.3 is 0 Å². The highest BCUT2D eigenvalue weighted by Crippen LogP contribution is 2.36. The van der Waals surface area contributed by atoms with E-state index in [1.165, 1.54) is 12.1 Å². The zero-order chi connectivity index (χ0) is 18.2. The van der Waals surface area contributed by atoms with Crippen molar-refractivity contribution in [3.63, 3.8) is 0 Å². The number of rotatable bonds is 4.